The monoisotopic (exact) mass is 347 g/mol. The van der Waals surface area contributed by atoms with Gasteiger partial charge in [-0.25, -0.2) is 0 Å². The number of furan rings is 1. The fourth-order valence-electron chi connectivity index (χ4n) is 2.45. The number of nitrogens with zero attached hydrogens (tertiary/aromatic N) is 2. The Labute approximate surface area is 150 Å². The summed E-state index contributed by atoms with van der Waals surface area (Å²) in [5, 5.41) is 3.47. The largest absolute Gasteiger partial charge is 0.461 e. The van der Waals surface area contributed by atoms with E-state index >= 15 is 0 Å². The summed E-state index contributed by atoms with van der Waals surface area (Å²) in [7, 11) is 2.14. The molecule has 0 spiro atoms. The second-order valence-electron chi connectivity index (χ2n) is 6.21. The molecule has 1 aliphatic rings. The van der Waals surface area contributed by atoms with Crippen molar-refractivity contribution in [3.8, 4) is 0 Å². The number of aliphatic imine (C=N–C) groups is 1. The van der Waals surface area contributed by atoms with E-state index in [9.17, 15) is 0 Å². The second-order valence-corrected chi connectivity index (χ2v) is 6.21. The zero-order chi connectivity index (χ0) is 16.1. The molecule has 0 unspecified atom stereocenters. The lowest BCUT2D eigenvalue weighted by Crippen LogP contribution is -2.26. The highest BCUT2D eigenvalue weighted by atomic mass is 35.5. The topological polar surface area (TPSA) is 40.8 Å². The molecule has 1 aromatic carbocycles. The van der Waals surface area contributed by atoms with Gasteiger partial charge in [0.05, 0.1) is 12.8 Å². The number of nitrogens with one attached hydrogen (secondary N) is 1. The van der Waals surface area contributed by atoms with Gasteiger partial charge in [-0.2, -0.15) is 0 Å². The van der Waals surface area contributed by atoms with Gasteiger partial charge in [0, 0.05) is 12.6 Å². The highest BCUT2D eigenvalue weighted by Gasteiger charge is 2.23. The number of rotatable bonds is 7. The Kier molecular flexibility index (Phi) is 6.88. The molecule has 130 valence electrons. The van der Waals surface area contributed by atoms with Crippen LogP contribution in [0.5, 0.6) is 0 Å². The van der Waals surface area contributed by atoms with Gasteiger partial charge in [0.2, 0.25) is 0 Å². The molecule has 1 fully saturated rings. The maximum Gasteiger partial charge on any atom is 0.168 e. The van der Waals surface area contributed by atoms with Gasteiger partial charge in [-0.05, 0) is 49.7 Å². The maximum atomic E-state index is 5.50. The molecule has 2 aromatic rings. The summed E-state index contributed by atoms with van der Waals surface area (Å²) in [6.45, 7) is 4.86. The maximum absolute atomic E-state index is 5.50. The lowest BCUT2D eigenvalue weighted by molar-refractivity contribution is 0.345. The Morgan fingerprint density at radius 2 is 2.04 bits per heavy atom. The Bertz CT molecular complexity index is 650. The molecule has 1 saturated carbocycles. The van der Waals surface area contributed by atoms with Gasteiger partial charge in [-0.15, -0.1) is 12.4 Å². The van der Waals surface area contributed by atoms with Gasteiger partial charge < -0.3 is 14.6 Å². The fourth-order valence-corrected chi connectivity index (χ4v) is 2.45. The SMILES string of the molecule is CCN(C)Cc1cccc(CN=C(NC2CC2)c2ccco2)c1.Cl. The van der Waals surface area contributed by atoms with Crippen molar-refractivity contribution in [1.29, 1.82) is 0 Å². The van der Waals surface area contributed by atoms with Gasteiger partial charge in [0.25, 0.3) is 0 Å². The molecule has 1 aliphatic carbocycles. The summed E-state index contributed by atoms with van der Waals surface area (Å²) in [5.74, 6) is 1.69. The molecule has 0 saturated heterocycles. The Hall–Kier alpha value is -1.78. The molecular weight excluding hydrogens is 322 g/mol. The van der Waals surface area contributed by atoms with Crippen LogP contribution in [-0.4, -0.2) is 30.4 Å². The molecule has 0 radical (unpaired) electrons. The smallest absolute Gasteiger partial charge is 0.168 e. The van der Waals surface area contributed by atoms with Crippen LogP contribution in [-0.2, 0) is 13.1 Å². The second kappa shape index (κ2) is 8.90. The quantitative estimate of drug-likeness (QED) is 0.611. The minimum atomic E-state index is 0. The lowest BCUT2D eigenvalue weighted by Gasteiger charge is -2.14. The van der Waals surface area contributed by atoms with Crippen molar-refractivity contribution in [3.05, 3.63) is 59.5 Å². The van der Waals surface area contributed by atoms with Crippen molar-refractivity contribution < 1.29 is 4.42 Å². The summed E-state index contributed by atoms with van der Waals surface area (Å²) < 4.78 is 5.50. The predicted octanol–water partition coefficient (Wildman–Crippen LogP) is 3.85. The molecule has 0 amide bonds. The highest BCUT2D eigenvalue weighted by Crippen LogP contribution is 2.20. The van der Waals surface area contributed by atoms with Gasteiger partial charge in [-0.3, -0.25) is 4.99 Å². The van der Waals surface area contributed by atoms with Crippen LogP contribution in [0.15, 0.2) is 52.1 Å². The van der Waals surface area contributed by atoms with Crippen molar-refractivity contribution in [1.82, 2.24) is 10.2 Å². The zero-order valence-electron chi connectivity index (χ0n) is 14.4. The van der Waals surface area contributed by atoms with E-state index in [1.54, 1.807) is 6.26 Å². The minimum Gasteiger partial charge on any atom is -0.461 e. The van der Waals surface area contributed by atoms with E-state index in [0.29, 0.717) is 12.6 Å². The van der Waals surface area contributed by atoms with Crippen LogP contribution in [0.4, 0.5) is 0 Å². The van der Waals surface area contributed by atoms with Gasteiger partial charge in [0.1, 0.15) is 0 Å². The molecular formula is C19H26ClN3O. The molecule has 4 nitrogen and oxygen atoms in total. The molecule has 1 N–H and O–H groups in total. The molecule has 0 atom stereocenters. The number of hydrogen-bond donors (Lipinski definition) is 1. The summed E-state index contributed by atoms with van der Waals surface area (Å²) in [4.78, 5) is 7.05. The molecule has 3 rings (SSSR count). The van der Waals surface area contributed by atoms with Crippen molar-refractivity contribution in [2.24, 2.45) is 4.99 Å². The number of hydrogen-bond acceptors (Lipinski definition) is 3. The molecule has 1 heterocycles. The van der Waals surface area contributed by atoms with E-state index in [1.807, 2.05) is 12.1 Å². The Balaban J connectivity index is 0.00000208. The summed E-state index contributed by atoms with van der Waals surface area (Å²) in [5.41, 5.74) is 2.56. The third-order valence-corrected chi connectivity index (χ3v) is 4.08. The van der Waals surface area contributed by atoms with Crippen molar-refractivity contribution in [3.63, 3.8) is 0 Å². The minimum absolute atomic E-state index is 0. The van der Waals surface area contributed by atoms with Gasteiger partial charge >= 0.3 is 0 Å². The van der Waals surface area contributed by atoms with E-state index in [1.165, 1.54) is 24.0 Å². The van der Waals surface area contributed by atoms with E-state index in [4.69, 9.17) is 9.41 Å². The molecule has 0 aliphatic heterocycles. The molecule has 0 bridgehead atoms. The number of halogens is 1. The van der Waals surface area contributed by atoms with Crippen LogP contribution < -0.4 is 5.32 Å². The highest BCUT2D eigenvalue weighted by molar-refractivity contribution is 5.96. The first kappa shape index (κ1) is 18.6. The number of amidine groups is 1. The van der Waals surface area contributed by atoms with Crippen LogP contribution >= 0.6 is 12.4 Å². The van der Waals surface area contributed by atoms with Crippen molar-refractivity contribution in [2.45, 2.75) is 38.9 Å². The third kappa shape index (κ3) is 5.39. The first-order valence-electron chi connectivity index (χ1n) is 8.36. The normalized spacial score (nSPS) is 14.5. The lowest BCUT2D eigenvalue weighted by atomic mass is 10.1. The fraction of sp³-hybridized carbons (Fsp3) is 0.421. The van der Waals surface area contributed by atoms with Crippen LogP contribution in [0, 0.1) is 0 Å². The molecule has 1 aromatic heterocycles. The van der Waals surface area contributed by atoms with E-state index in [-0.39, 0.29) is 12.4 Å². The Morgan fingerprint density at radius 1 is 1.25 bits per heavy atom. The first-order valence-corrected chi connectivity index (χ1v) is 8.36. The van der Waals surface area contributed by atoms with Crippen LogP contribution in [0.3, 0.4) is 0 Å². The number of benzene rings is 1. The average molecular weight is 348 g/mol. The third-order valence-electron chi connectivity index (χ3n) is 4.08. The Morgan fingerprint density at radius 3 is 2.71 bits per heavy atom. The van der Waals surface area contributed by atoms with Gasteiger partial charge in [-0.1, -0.05) is 31.2 Å². The average Bonchev–Trinajstić information content (AvgIpc) is 3.22. The summed E-state index contributed by atoms with van der Waals surface area (Å²) >= 11 is 0. The zero-order valence-corrected chi connectivity index (χ0v) is 15.2. The van der Waals surface area contributed by atoms with E-state index < -0.39 is 0 Å². The van der Waals surface area contributed by atoms with Crippen LogP contribution in [0.2, 0.25) is 0 Å². The van der Waals surface area contributed by atoms with Crippen molar-refractivity contribution >= 4 is 18.2 Å². The van der Waals surface area contributed by atoms with Crippen molar-refractivity contribution in [2.75, 3.05) is 13.6 Å². The van der Waals surface area contributed by atoms with E-state index in [0.717, 1.165) is 24.7 Å². The standard InChI is InChI=1S/C19H25N3O.ClH/c1-3-22(2)14-16-7-4-6-15(12-16)13-20-19(21-17-9-10-17)18-8-5-11-23-18;/h4-8,11-12,17H,3,9-10,13-14H2,1-2H3,(H,20,21);1H. The predicted molar refractivity (Wildman–Crippen MR) is 101 cm³/mol. The molecule has 5 heteroatoms. The van der Waals surface area contributed by atoms with E-state index in [2.05, 4.69) is 48.5 Å². The van der Waals surface area contributed by atoms with Crippen LogP contribution in [0.1, 0.15) is 36.7 Å². The summed E-state index contributed by atoms with van der Waals surface area (Å²) in [6, 6.07) is 13.1. The molecule has 24 heavy (non-hydrogen) atoms. The van der Waals surface area contributed by atoms with Gasteiger partial charge in [0.15, 0.2) is 11.6 Å². The van der Waals surface area contributed by atoms with Crippen LogP contribution in [0.25, 0.3) is 0 Å². The summed E-state index contributed by atoms with van der Waals surface area (Å²) in [6.07, 6.45) is 4.14. The first-order chi connectivity index (χ1) is 11.2.